The molecule has 4 aliphatic carbocycles. The van der Waals surface area contributed by atoms with Gasteiger partial charge in [0.25, 0.3) is 0 Å². The van der Waals surface area contributed by atoms with E-state index in [4.69, 9.17) is 4.74 Å². The Morgan fingerprint density at radius 2 is 1.83 bits per heavy atom. The Kier molecular flexibility index (Phi) is 7.03. The fourth-order valence-corrected chi connectivity index (χ4v) is 8.48. The zero-order valence-corrected chi connectivity index (χ0v) is 21.9. The molecular formula is C29H42N2O5. The summed E-state index contributed by atoms with van der Waals surface area (Å²) in [6.07, 6.45) is 12.4. The zero-order chi connectivity index (χ0) is 25.5. The van der Waals surface area contributed by atoms with E-state index < -0.39 is 6.04 Å². The van der Waals surface area contributed by atoms with Gasteiger partial charge in [-0.15, -0.1) is 0 Å². The number of hydrogen-bond donors (Lipinski definition) is 2. The monoisotopic (exact) mass is 498 g/mol. The number of allylic oxidation sites excluding steroid dienone is 1. The number of ketones is 1. The van der Waals surface area contributed by atoms with Crippen molar-refractivity contribution in [3.05, 3.63) is 11.6 Å². The van der Waals surface area contributed by atoms with E-state index in [0.29, 0.717) is 42.9 Å². The average Bonchev–Trinajstić information content (AvgIpc) is 3.04. The molecular weight excluding hydrogens is 456 g/mol. The molecule has 2 amide bonds. The molecule has 7 atom stereocenters. The second-order valence-electron chi connectivity index (χ2n) is 12.5. The van der Waals surface area contributed by atoms with E-state index in [9.17, 15) is 19.2 Å². The molecule has 7 heteroatoms. The van der Waals surface area contributed by atoms with Crippen molar-refractivity contribution < 1.29 is 23.9 Å². The molecule has 1 saturated heterocycles. The number of fused-ring (bicyclic) bond motifs is 5. The highest BCUT2D eigenvalue weighted by Crippen LogP contribution is 2.65. The molecule has 0 bridgehead atoms. The van der Waals surface area contributed by atoms with Gasteiger partial charge in [0.05, 0.1) is 6.42 Å². The van der Waals surface area contributed by atoms with E-state index in [1.165, 1.54) is 5.57 Å². The van der Waals surface area contributed by atoms with Crippen molar-refractivity contribution in [1.29, 1.82) is 0 Å². The van der Waals surface area contributed by atoms with E-state index in [0.717, 1.165) is 57.8 Å². The van der Waals surface area contributed by atoms with Crippen LogP contribution in [0.3, 0.4) is 0 Å². The number of ether oxygens (including phenoxy) is 1. The first-order valence-electron chi connectivity index (χ1n) is 14.2. The van der Waals surface area contributed by atoms with Gasteiger partial charge in [-0.05, 0) is 93.5 Å². The average molecular weight is 499 g/mol. The molecule has 198 valence electrons. The molecule has 4 fully saturated rings. The van der Waals surface area contributed by atoms with Gasteiger partial charge in [-0.3, -0.25) is 19.2 Å². The van der Waals surface area contributed by atoms with Gasteiger partial charge in [-0.1, -0.05) is 19.4 Å². The Labute approximate surface area is 214 Å². The van der Waals surface area contributed by atoms with Crippen LogP contribution in [0, 0.1) is 28.6 Å². The molecule has 36 heavy (non-hydrogen) atoms. The van der Waals surface area contributed by atoms with E-state index in [1.54, 1.807) is 0 Å². The summed E-state index contributed by atoms with van der Waals surface area (Å²) in [7, 11) is 0. The molecule has 0 unspecified atom stereocenters. The quantitative estimate of drug-likeness (QED) is 0.558. The number of amides is 2. The summed E-state index contributed by atoms with van der Waals surface area (Å²) < 4.78 is 6.04. The first-order valence-corrected chi connectivity index (χ1v) is 14.2. The Morgan fingerprint density at radius 1 is 1.00 bits per heavy atom. The lowest BCUT2D eigenvalue weighted by Gasteiger charge is -2.57. The Hall–Kier alpha value is -2.18. The predicted octanol–water partition coefficient (Wildman–Crippen LogP) is 4.00. The molecule has 5 aliphatic rings. The van der Waals surface area contributed by atoms with Crippen LogP contribution in [-0.4, -0.2) is 42.3 Å². The molecule has 0 aromatic carbocycles. The maximum atomic E-state index is 12.8. The topological polar surface area (TPSA) is 102 Å². The minimum Gasteiger partial charge on any atom is -0.462 e. The predicted molar refractivity (Wildman–Crippen MR) is 135 cm³/mol. The number of carbonyl (C=O) groups is 4. The second kappa shape index (κ2) is 9.94. The summed E-state index contributed by atoms with van der Waals surface area (Å²) in [5.41, 5.74) is 1.51. The van der Waals surface area contributed by atoms with Crippen LogP contribution >= 0.6 is 0 Å². The first kappa shape index (κ1) is 25.5. The Morgan fingerprint density at radius 3 is 2.67 bits per heavy atom. The van der Waals surface area contributed by atoms with Crippen LogP contribution in [0.1, 0.15) is 97.3 Å². The van der Waals surface area contributed by atoms with Crippen LogP contribution in [0.15, 0.2) is 11.6 Å². The highest BCUT2D eigenvalue weighted by molar-refractivity contribution is 5.91. The number of hydrogen-bond acceptors (Lipinski definition) is 5. The molecule has 0 aromatic rings. The minimum absolute atomic E-state index is 0.0143. The Balaban J connectivity index is 1.16. The fourth-order valence-electron chi connectivity index (χ4n) is 8.48. The highest BCUT2D eigenvalue weighted by Gasteiger charge is 2.59. The maximum absolute atomic E-state index is 12.8. The molecule has 2 N–H and O–H groups in total. The van der Waals surface area contributed by atoms with Crippen molar-refractivity contribution in [2.24, 2.45) is 28.6 Å². The number of nitrogens with one attached hydrogen (secondary N) is 2. The Bertz CT molecular complexity index is 959. The molecule has 1 aliphatic heterocycles. The van der Waals surface area contributed by atoms with Gasteiger partial charge in [-0.25, -0.2) is 0 Å². The number of rotatable bonds is 5. The van der Waals surface area contributed by atoms with Crippen LogP contribution in [-0.2, 0) is 23.9 Å². The van der Waals surface area contributed by atoms with Gasteiger partial charge in [0, 0.05) is 24.8 Å². The van der Waals surface area contributed by atoms with E-state index in [2.05, 4.69) is 24.5 Å². The lowest BCUT2D eigenvalue weighted by Crippen LogP contribution is -2.51. The van der Waals surface area contributed by atoms with Crippen LogP contribution in [0.2, 0.25) is 0 Å². The van der Waals surface area contributed by atoms with Crippen LogP contribution in [0.4, 0.5) is 0 Å². The summed E-state index contributed by atoms with van der Waals surface area (Å²) in [5.74, 6) is 1.36. The third-order valence-corrected chi connectivity index (χ3v) is 10.6. The number of esters is 1. The number of carbonyl (C=O) groups excluding carboxylic acids is 4. The van der Waals surface area contributed by atoms with Crippen LogP contribution in [0.5, 0.6) is 0 Å². The maximum Gasteiger partial charge on any atom is 0.306 e. The van der Waals surface area contributed by atoms with Crippen LogP contribution in [0.25, 0.3) is 0 Å². The van der Waals surface area contributed by atoms with Crippen molar-refractivity contribution in [1.82, 2.24) is 10.6 Å². The van der Waals surface area contributed by atoms with E-state index >= 15 is 0 Å². The molecule has 3 saturated carbocycles. The van der Waals surface area contributed by atoms with Crippen molar-refractivity contribution in [3.8, 4) is 0 Å². The highest BCUT2D eigenvalue weighted by atomic mass is 16.5. The van der Waals surface area contributed by atoms with Crippen molar-refractivity contribution in [2.75, 3.05) is 6.54 Å². The normalized spacial score (nSPS) is 40.1. The van der Waals surface area contributed by atoms with Crippen molar-refractivity contribution in [3.63, 3.8) is 0 Å². The summed E-state index contributed by atoms with van der Waals surface area (Å²) >= 11 is 0. The third kappa shape index (κ3) is 4.63. The van der Waals surface area contributed by atoms with E-state index in [-0.39, 0.29) is 47.6 Å². The van der Waals surface area contributed by atoms with Gasteiger partial charge in [0.2, 0.25) is 11.8 Å². The summed E-state index contributed by atoms with van der Waals surface area (Å²) in [6, 6.07) is -0.504. The fraction of sp³-hybridized carbons (Fsp3) is 0.793. The molecule has 5 rings (SSSR count). The van der Waals surface area contributed by atoms with Crippen molar-refractivity contribution in [2.45, 2.75) is 109 Å². The lowest BCUT2D eigenvalue weighted by molar-refractivity contribution is -0.160. The SMILES string of the molecule is C[C@]12CC[C@H]3[C@@H](CCC4=CC(=O)CC[C@@]43C)[C@@H]1CC[C@H]2OC(=O)CCC(=O)N[C@H]1CCCCNC1=O. The lowest BCUT2D eigenvalue weighted by atomic mass is 9.47. The standard InChI is InChI=1S/C29H42N2O5/c1-28-14-12-19(32)17-18(28)6-7-20-21-8-9-24(29(21,2)15-13-22(20)28)36-26(34)11-10-25(33)31-23-5-3-4-16-30-27(23)35/h17,20-24H,3-16H2,1-2H3,(H,30,35)(H,31,33)/t20-,21-,22-,23-,24+,28-,29-/m0/s1. The van der Waals surface area contributed by atoms with Gasteiger partial charge in [0.15, 0.2) is 5.78 Å². The molecule has 1 heterocycles. The largest absolute Gasteiger partial charge is 0.462 e. The summed E-state index contributed by atoms with van der Waals surface area (Å²) in [5, 5.41) is 5.61. The van der Waals surface area contributed by atoms with Gasteiger partial charge in [0.1, 0.15) is 12.1 Å². The zero-order valence-electron chi connectivity index (χ0n) is 21.9. The van der Waals surface area contributed by atoms with Crippen LogP contribution < -0.4 is 10.6 Å². The molecule has 7 nitrogen and oxygen atoms in total. The van der Waals surface area contributed by atoms with Gasteiger partial charge >= 0.3 is 5.97 Å². The molecule has 0 radical (unpaired) electrons. The van der Waals surface area contributed by atoms with Gasteiger partial charge < -0.3 is 15.4 Å². The first-order chi connectivity index (χ1) is 17.2. The van der Waals surface area contributed by atoms with Crippen molar-refractivity contribution >= 4 is 23.6 Å². The molecule has 0 spiro atoms. The molecule has 0 aromatic heterocycles. The van der Waals surface area contributed by atoms with Gasteiger partial charge in [-0.2, -0.15) is 0 Å². The minimum atomic E-state index is -0.504. The second-order valence-corrected chi connectivity index (χ2v) is 12.5. The van der Waals surface area contributed by atoms with E-state index in [1.807, 2.05) is 6.08 Å². The smallest absolute Gasteiger partial charge is 0.306 e. The summed E-state index contributed by atoms with van der Waals surface area (Å²) in [6.45, 7) is 5.35. The third-order valence-electron chi connectivity index (χ3n) is 10.6. The summed E-state index contributed by atoms with van der Waals surface area (Å²) in [4.78, 5) is 49.3.